The van der Waals surface area contributed by atoms with Gasteiger partial charge in [-0.1, -0.05) is 12.7 Å². The van der Waals surface area contributed by atoms with E-state index in [0.29, 0.717) is 31.3 Å². The van der Waals surface area contributed by atoms with Crippen molar-refractivity contribution in [3.05, 3.63) is 24.3 Å². The Labute approximate surface area is 217 Å². The number of rotatable bonds is 1. The molecule has 1 heterocycles. The quantitative estimate of drug-likeness (QED) is 0.114. The maximum Gasteiger partial charge on any atom is 1.00 e. The number of aliphatic hydroxyl groups is 2. The van der Waals surface area contributed by atoms with E-state index in [4.69, 9.17) is 19.4 Å². The molecule has 5 aliphatic rings. The number of aliphatic carboxylic acids is 1. The average molecular weight is 466 g/mol. The Morgan fingerprint density at radius 2 is 2.00 bits per heavy atom. The summed E-state index contributed by atoms with van der Waals surface area (Å²) in [6.45, 7) is 5.64. The zero-order chi connectivity index (χ0) is 21.6. The molecule has 1 aliphatic heterocycles. The minimum absolute atomic E-state index is 0. The fraction of sp³-hybridized carbons (Fsp3) is 0.684. The molecule has 0 aromatic heterocycles. The van der Waals surface area contributed by atoms with Crippen molar-refractivity contribution in [1.82, 2.24) is 0 Å². The van der Waals surface area contributed by atoms with E-state index >= 15 is 0 Å². The summed E-state index contributed by atoms with van der Waals surface area (Å²) < 4.78 is 5.87. The number of ether oxygens (including phenoxy) is 1. The molecule has 9 nitrogen and oxygen atoms in total. The summed E-state index contributed by atoms with van der Waals surface area (Å²) in [5, 5.41) is 31.6. The molecule has 3 saturated carbocycles. The number of esters is 1. The molecular weight excluding hydrogens is 442 g/mol. The van der Waals surface area contributed by atoms with E-state index in [1.165, 1.54) is 0 Å². The number of carbonyl (C=O) groups is 2. The van der Waals surface area contributed by atoms with Crippen molar-refractivity contribution in [3.8, 4) is 0 Å². The Kier molecular flexibility index (Phi) is 6.37. The molecule has 11 heteroatoms. The molecule has 5 rings (SSSR count). The Balaban J connectivity index is 0.000000473. The zero-order valence-corrected chi connectivity index (χ0v) is 20.8. The maximum atomic E-state index is 12.7. The predicted molar refractivity (Wildman–Crippen MR) is 96.5 cm³/mol. The molecule has 4 fully saturated rings. The van der Waals surface area contributed by atoms with Gasteiger partial charge in [0.15, 0.2) is 0 Å². The van der Waals surface area contributed by atoms with E-state index in [1.54, 1.807) is 19.1 Å². The van der Waals surface area contributed by atoms with Crippen LogP contribution in [0, 0.1) is 28.6 Å². The van der Waals surface area contributed by atoms with Crippen LogP contribution in [-0.2, 0) is 14.3 Å². The van der Waals surface area contributed by atoms with Gasteiger partial charge in [0, 0.05) is 11.8 Å². The topological polar surface area (TPSA) is 168 Å². The van der Waals surface area contributed by atoms with Crippen LogP contribution < -0.4 is 56.3 Å². The van der Waals surface area contributed by atoms with Crippen LogP contribution in [0.2, 0.25) is 0 Å². The molecule has 1 saturated heterocycles. The number of carboxylic acid groups (broad SMARTS) is 1. The molecule has 4 bridgehead atoms. The van der Waals surface area contributed by atoms with E-state index in [2.05, 4.69) is 6.58 Å². The predicted octanol–water partition coefficient (Wildman–Crippen LogP) is -3.41. The van der Waals surface area contributed by atoms with Gasteiger partial charge in [0.25, 0.3) is 0 Å². The van der Waals surface area contributed by atoms with Crippen LogP contribution in [0.15, 0.2) is 24.3 Å². The van der Waals surface area contributed by atoms with Crippen LogP contribution in [0.25, 0.3) is 0 Å². The second kappa shape index (κ2) is 7.67. The molecular formula is C19H24KO9P. The summed E-state index contributed by atoms with van der Waals surface area (Å²) in [6, 6.07) is 0. The van der Waals surface area contributed by atoms with Crippen molar-refractivity contribution in [2.75, 3.05) is 0 Å². The van der Waals surface area contributed by atoms with E-state index in [9.17, 15) is 24.9 Å². The number of hydrogen-bond donors (Lipinski definition) is 5. The molecule has 0 unspecified atom stereocenters. The third-order valence-corrected chi connectivity index (χ3v) is 8.12. The van der Waals surface area contributed by atoms with Crippen molar-refractivity contribution in [2.24, 2.45) is 28.6 Å². The second-order valence-corrected chi connectivity index (χ2v) is 9.69. The summed E-state index contributed by atoms with van der Waals surface area (Å²) in [4.78, 5) is 48.0. The smallest absolute Gasteiger partial charge is 0.786 e. The van der Waals surface area contributed by atoms with Gasteiger partial charge in [0.05, 0.1) is 26.2 Å². The van der Waals surface area contributed by atoms with E-state index in [1.807, 2.05) is 0 Å². The van der Waals surface area contributed by atoms with Crippen molar-refractivity contribution >= 4 is 20.5 Å². The first-order valence-electron chi connectivity index (χ1n) is 9.44. The third kappa shape index (κ3) is 2.96. The van der Waals surface area contributed by atoms with Crippen LogP contribution in [0.4, 0.5) is 0 Å². The van der Waals surface area contributed by atoms with Gasteiger partial charge >= 0.3 is 63.3 Å². The molecule has 160 valence electrons. The van der Waals surface area contributed by atoms with E-state index in [0.717, 1.165) is 0 Å². The normalized spacial score (nSPS) is 49.6. The van der Waals surface area contributed by atoms with Crippen LogP contribution >= 0.6 is 8.60 Å². The monoisotopic (exact) mass is 466 g/mol. The standard InChI is InChI=1S/C19H22O6.K.H2O3P/c1-9-7-17-8-18(9,24)5-3-10(17)19-6-4-11(20)16(2,15(23)25-19)13(19)12(17)14(21)22;;1-4(2)3/h4,6,10-13,20,24H,1,3,5,7-8H2,2H3,(H,21,22);;1-2H/q;+1;-1/t10-,11+,12-,13-,16-,17+,18+,19-;;/m1../s1. The van der Waals surface area contributed by atoms with Gasteiger partial charge in [0.1, 0.15) is 11.0 Å². The Morgan fingerprint density at radius 3 is 2.57 bits per heavy atom. The SMILES string of the molecule is C=C1C[C@]23C[C@@]1(O)CC[C@H]2[C@@]12C=C[C@H](O)[C@@](C)(C(=O)O1)[C@H]2[C@@H]3C(=O)O.[K+].[O-]P(O)O. The minimum Gasteiger partial charge on any atom is -0.786 e. The fourth-order valence-corrected chi connectivity index (χ4v) is 7.13. The zero-order valence-electron chi connectivity index (χ0n) is 16.8. The summed E-state index contributed by atoms with van der Waals surface area (Å²) in [5.41, 5.74) is -3.29. The Hall–Kier alpha value is 0.286. The van der Waals surface area contributed by atoms with Crippen LogP contribution in [0.5, 0.6) is 0 Å². The molecule has 0 aromatic carbocycles. The molecule has 8 atom stereocenters. The first kappa shape index (κ1) is 24.9. The van der Waals surface area contributed by atoms with Crippen molar-refractivity contribution in [3.63, 3.8) is 0 Å². The van der Waals surface area contributed by atoms with Crippen molar-refractivity contribution in [2.45, 2.75) is 49.9 Å². The minimum atomic E-state index is -2.87. The van der Waals surface area contributed by atoms with Gasteiger partial charge in [-0.15, -0.1) is 0 Å². The van der Waals surface area contributed by atoms with Crippen LogP contribution in [-0.4, -0.2) is 54.4 Å². The average Bonchev–Trinajstić information content (AvgIpc) is 3.02. The van der Waals surface area contributed by atoms with E-state index < -0.39 is 60.5 Å². The molecule has 30 heavy (non-hydrogen) atoms. The van der Waals surface area contributed by atoms with Gasteiger partial charge in [0.2, 0.25) is 0 Å². The maximum absolute atomic E-state index is 12.7. The van der Waals surface area contributed by atoms with Crippen molar-refractivity contribution < 1.29 is 95.7 Å². The summed E-state index contributed by atoms with van der Waals surface area (Å²) in [5.74, 6) is -3.18. The summed E-state index contributed by atoms with van der Waals surface area (Å²) in [6.07, 6.45) is 4.11. The first-order valence-corrected chi connectivity index (χ1v) is 10.6. The number of aliphatic hydroxyl groups excluding tert-OH is 1. The summed E-state index contributed by atoms with van der Waals surface area (Å²) >= 11 is 0. The molecule has 1 spiro atoms. The van der Waals surface area contributed by atoms with Gasteiger partial charge in [-0.25, -0.2) is 0 Å². The van der Waals surface area contributed by atoms with Gasteiger partial charge in [-0.05, 0) is 49.7 Å². The molecule has 0 amide bonds. The number of hydrogen-bond acceptors (Lipinski definition) is 8. The van der Waals surface area contributed by atoms with E-state index in [-0.39, 0.29) is 57.3 Å². The molecule has 4 aliphatic carbocycles. The fourth-order valence-electron chi connectivity index (χ4n) is 7.13. The van der Waals surface area contributed by atoms with Crippen LogP contribution in [0.3, 0.4) is 0 Å². The largest absolute Gasteiger partial charge is 1.00 e. The second-order valence-electron chi connectivity index (χ2n) is 9.19. The summed E-state index contributed by atoms with van der Waals surface area (Å²) in [7, 11) is -2.87. The first-order chi connectivity index (χ1) is 13.3. The Morgan fingerprint density at radius 1 is 1.40 bits per heavy atom. The molecule has 0 aromatic rings. The molecule has 0 radical (unpaired) electrons. The number of carbonyl (C=O) groups excluding carboxylic acids is 1. The third-order valence-electron chi connectivity index (χ3n) is 8.12. The van der Waals surface area contributed by atoms with Crippen molar-refractivity contribution in [1.29, 1.82) is 0 Å². The van der Waals surface area contributed by atoms with Crippen LogP contribution in [0.1, 0.15) is 32.6 Å². The van der Waals surface area contributed by atoms with Gasteiger partial charge in [-0.3, -0.25) is 9.59 Å². The molecule has 5 N–H and O–H groups in total. The van der Waals surface area contributed by atoms with Gasteiger partial charge < -0.3 is 34.7 Å². The number of fused-ring (bicyclic) bond motifs is 1. The Bertz CT molecular complexity index is 830. The van der Waals surface area contributed by atoms with Gasteiger partial charge in [-0.2, -0.15) is 0 Å². The number of carboxylic acids is 1.